The number of ether oxygens (including phenoxy) is 4. The third-order valence-electron chi connectivity index (χ3n) is 7.65. The monoisotopic (exact) mass is 600 g/mol. The van der Waals surface area contributed by atoms with Gasteiger partial charge in [0.15, 0.2) is 23.1 Å². The molecule has 44 heavy (non-hydrogen) atoms. The van der Waals surface area contributed by atoms with E-state index in [1.54, 1.807) is 37.6 Å². The van der Waals surface area contributed by atoms with Crippen molar-refractivity contribution in [3.8, 4) is 23.0 Å². The summed E-state index contributed by atoms with van der Waals surface area (Å²) in [6.07, 6.45) is 2.43. The van der Waals surface area contributed by atoms with Crippen LogP contribution in [0.2, 0.25) is 0 Å². The van der Waals surface area contributed by atoms with Crippen LogP contribution in [0.1, 0.15) is 12.0 Å². The lowest BCUT2D eigenvalue weighted by Crippen LogP contribution is -2.37. The normalized spacial score (nSPS) is 15.7. The predicted molar refractivity (Wildman–Crippen MR) is 162 cm³/mol. The molecule has 228 valence electrons. The summed E-state index contributed by atoms with van der Waals surface area (Å²) in [5.74, 6) is 0.379. The highest BCUT2D eigenvalue weighted by atomic mass is 19.1. The van der Waals surface area contributed by atoms with Crippen LogP contribution in [0.5, 0.6) is 23.0 Å². The lowest BCUT2D eigenvalue weighted by Gasteiger charge is -2.26. The number of hydrogen-bond acceptors (Lipinski definition) is 8. The molecule has 0 N–H and O–H groups in total. The maximum absolute atomic E-state index is 15.3. The number of benzene rings is 3. The van der Waals surface area contributed by atoms with Crippen molar-refractivity contribution in [1.82, 2.24) is 14.8 Å². The minimum atomic E-state index is -0.679. The van der Waals surface area contributed by atoms with Crippen LogP contribution in [0.4, 0.5) is 14.9 Å². The fraction of sp³-hybridized carbons (Fsp3) is 0.303. The molecule has 0 atom stereocenters. The molecule has 0 saturated carbocycles. The molecule has 2 aliphatic rings. The molecule has 0 radical (unpaired) electrons. The number of methoxy groups -OCH3 is 1. The van der Waals surface area contributed by atoms with Crippen molar-refractivity contribution < 1.29 is 32.9 Å². The van der Waals surface area contributed by atoms with E-state index in [1.807, 2.05) is 30.3 Å². The number of carbonyl (C=O) groups excluding carboxylic acids is 2. The zero-order valence-corrected chi connectivity index (χ0v) is 24.4. The van der Waals surface area contributed by atoms with Gasteiger partial charge in [0.25, 0.3) is 5.91 Å². The maximum Gasteiger partial charge on any atom is 0.332 e. The Morgan fingerprint density at radius 1 is 0.932 bits per heavy atom. The van der Waals surface area contributed by atoms with E-state index in [9.17, 15) is 9.59 Å². The summed E-state index contributed by atoms with van der Waals surface area (Å²) < 4.78 is 38.4. The van der Waals surface area contributed by atoms with Crippen molar-refractivity contribution in [3.05, 3.63) is 84.3 Å². The summed E-state index contributed by atoms with van der Waals surface area (Å²) in [6.45, 7) is 4.80. The molecule has 1 aromatic heterocycles. The van der Waals surface area contributed by atoms with Crippen LogP contribution in [0, 0.1) is 5.82 Å². The van der Waals surface area contributed by atoms with E-state index in [1.165, 1.54) is 17.0 Å². The average Bonchev–Trinajstić information content (AvgIpc) is 3.33. The van der Waals surface area contributed by atoms with E-state index in [0.29, 0.717) is 34.8 Å². The molecule has 0 aliphatic carbocycles. The Bertz CT molecular complexity index is 1650. The fourth-order valence-corrected chi connectivity index (χ4v) is 5.31. The summed E-state index contributed by atoms with van der Waals surface area (Å²) in [5.41, 5.74) is 1.69. The Morgan fingerprint density at radius 2 is 1.75 bits per heavy atom. The van der Waals surface area contributed by atoms with Crippen LogP contribution in [-0.2, 0) is 16.1 Å². The Morgan fingerprint density at radius 3 is 2.52 bits per heavy atom. The number of halogens is 1. The minimum absolute atomic E-state index is 0.0391. The smallest absolute Gasteiger partial charge is 0.332 e. The number of aromatic nitrogens is 1. The summed E-state index contributed by atoms with van der Waals surface area (Å²) in [7, 11) is 1.56. The SMILES string of the molecule is COc1cc2c(Oc3ccc(N4CC(=O)N(Cc5ccccc5)C4=O)cc3F)ccnc2cc1OCCCN1CCOCC1. The summed E-state index contributed by atoms with van der Waals surface area (Å²) in [6, 6.07) is 18.1. The topological polar surface area (TPSA) is 93.7 Å². The quantitative estimate of drug-likeness (QED) is 0.170. The van der Waals surface area contributed by atoms with Crippen molar-refractivity contribution >= 4 is 28.5 Å². The standard InChI is InChI=1S/C33H33FN4O6/c1-41-30-19-25-27(20-31(30)43-15-5-12-36-13-16-42-17-14-36)35-11-10-28(25)44-29-9-8-24(18-26(29)34)37-22-32(39)38(33(37)40)21-23-6-3-2-4-7-23/h2-4,6-11,18-20H,5,12-17,21-22H2,1H3. The van der Waals surface area contributed by atoms with Crippen LogP contribution in [-0.4, -0.2) is 79.8 Å². The number of fused-ring (bicyclic) bond motifs is 1. The molecule has 2 fully saturated rings. The van der Waals surface area contributed by atoms with Gasteiger partial charge in [-0.15, -0.1) is 0 Å². The zero-order valence-electron chi connectivity index (χ0n) is 24.4. The first-order valence-corrected chi connectivity index (χ1v) is 14.5. The van der Waals surface area contributed by atoms with Gasteiger partial charge in [0.2, 0.25) is 0 Å². The average molecular weight is 601 g/mol. The van der Waals surface area contributed by atoms with Crippen molar-refractivity contribution in [2.45, 2.75) is 13.0 Å². The lowest BCUT2D eigenvalue weighted by atomic mass is 10.1. The number of morpholine rings is 1. The number of pyridine rings is 1. The van der Waals surface area contributed by atoms with Crippen molar-refractivity contribution in [1.29, 1.82) is 0 Å². The first-order valence-electron chi connectivity index (χ1n) is 14.5. The number of urea groups is 1. The van der Waals surface area contributed by atoms with Gasteiger partial charge in [-0.05, 0) is 36.2 Å². The molecule has 3 amide bonds. The number of imide groups is 1. The highest BCUT2D eigenvalue weighted by Crippen LogP contribution is 2.38. The molecule has 4 aromatic rings. The molecule has 3 aromatic carbocycles. The zero-order chi connectivity index (χ0) is 30.5. The number of hydrogen-bond donors (Lipinski definition) is 0. The number of anilines is 1. The van der Waals surface area contributed by atoms with E-state index in [0.717, 1.165) is 49.7 Å². The first kappa shape index (κ1) is 29.3. The second-order valence-corrected chi connectivity index (χ2v) is 10.5. The van der Waals surface area contributed by atoms with E-state index in [4.69, 9.17) is 18.9 Å². The van der Waals surface area contributed by atoms with Gasteiger partial charge in [-0.25, -0.2) is 9.18 Å². The van der Waals surface area contributed by atoms with Gasteiger partial charge in [-0.1, -0.05) is 30.3 Å². The van der Waals surface area contributed by atoms with Crippen LogP contribution >= 0.6 is 0 Å². The number of carbonyl (C=O) groups is 2. The molecular weight excluding hydrogens is 567 g/mol. The third-order valence-corrected chi connectivity index (χ3v) is 7.65. The van der Waals surface area contributed by atoms with Gasteiger partial charge < -0.3 is 18.9 Å². The van der Waals surface area contributed by atoms with Crippen LogP contribution in [0.25, 0.3) is 10.9 Å². The number of nitrogens with zero attached hydrogens (tertiary/aromatic N) is 4. The molecule has 0 bridgehead atoms. The molecule has 2 saturated heterocycles. The Kier molecular flexibility index (Phi) is 8.85. The molecular formula is C33H33FN4O6. The van der Waals surface area contributed by atoms with Crippen molar-refractivity contribution in [2.75, 3.05) is 58.0 Å². The highest BCUT2D eigenvalue weighted by Gasteiger charge is 2.37. The first-order chi connectivity index (χ1) is 21.5. The van der Waals surface area contributed by atoms with E-state index in [-0.39, 0.29) is 30.4 Å². The minimum Gasteiger partial charge on any atom is -0.493 e. The second kappa shape index (κ2) is 13.3. The number of amides is 3. The predicted octanol–water partition coefficient (Wildman–Crippen LogP) is 5.24. The Balaban J connectivity index is 1.14. The molecule has 6 rings (SSSR count). The van der Waals surface area contributed by atoms with E-state index < -0.39 is 11.8 Å². The van der Waals surface area contributed by atoms with E-state index in [2.05, 4.69) is 9.88 Å². The molecule has 3 heterocycles. The largest absolute Gasteiger partial charge is 0.493 e. The van der Waals surface area contributed by atoms with Crippen LogP contribution < -0.4 is 19.1 Å². The van der Waals surface area contributed by atoms with Crippen LogP contribution in [0.3, 0.4) is 0 Å². The second-order valence-electron chi connectivity index (χ2n) is 10.5. The molecule has 2 aliphatic heterocycles. The third kappa shape index (κ3) is 6.43. The highest BCUT2D eigenvalue weighted by molar-refractivity contribution is 6.12. The Labute approximate surface area is 254 Å². The van der Waals surface area contributed by atoms with Gasteiger partial charge in [0.05, 0.1) is 39.0 Å². The van der Waals surface area contributed by atoms with Crippen molar-refractivity contribution in [2.24, 2.45) is 0 Å². The summed E-state index contributed by atoms with van der Waals surface area (Å²) >= 11 is 0. The van der Waals surface area contributed by atoms with Gasteiger partial charge in [0, 0.05) is 49.0 Å². The molecule has 11 heteroatoms. The van der Waals surface area contributed by atoms with E-state index >= 15 is 4.39 Å². The summed E-state index contributed by atoms with van der Waals surface area (Å²) in [5, 5.41) is 0.616. The molecule has 0 spiro atoms. The van der Waals surface area contributed by atoms with Gasteiger partial charge >= 0.3 is 6.03 Å². The molecule has 10 nitrogen and oxygen atoms in total. The lowest BCUT2D eigenvalue weighted by molar-refractivity contribution is -0.125. The van der Waals surface area contributed by atoms with Gasteiger partial charge in [-0.3, -0.25) is 24.5 Å². The van der Waals surface area contributed by atoms with Crippen molar-refractivity contribution in [3.63, 3.8) is 0 Å². The maximum atomic E-state index is 15.3. The summed E-state index contributed by atoms with van der Waals surface area (Å²) in [4.78, 5) is 34.9. The fourth-order valence-electron chi connectivity index (χ4n) is 5.31. The van der Waals surface area contributed by atoms with Gasteiger partial charge in [0.1, 0.15) is 12.3 Å². The Hall–Kier alpha value is -4.74. The van der Waals surface area contributed by atoms with Crippen LogP contribution in [0.15, 0.2) is 72.9 Å². The van der Waals surface area contributed by atoms with Gasteiger partial charge in [-0.2, -0.15) is 0 Å². The molecule has 0 unspecified atom stereocenters. The number of rotatable bonds is 11.